The average molecular weight is 415 g/mol. The quantitative estimate of drug-likeness (QED) is 0.273. The van der Waals surface area contributed by atoms with Crippen molar-refractivity contribution in [2.75, 3.05) is 0 Å². The lowest BCUT2D eigenvalue weighted by molar-refractivity contribution is 1.62. The molecule has 5 aromatic rings. The van der Waals surface area contributed by atoms with Crippen molar-refractivity contribution < 1.29 is 0 Å². The summed E-state index contributed by atoms with van der Waals surface area (Å²) in [7, 11) is 0. The van der Waals surface area contributed by atoms with Crippen LogP contribution < -0.4 is 0 Å². The molecule has 0 aliphatic rings. The fraction of sp³-hybridized carbons (Fsp3) is 0. The minimum absolute atomic E-state index is 1.10. The maximum absolute atomic E-state index is 3.53. The van der Waals surface area contributed by atoms with Gasteiger partial charge in [0.05, 0.1) is 0 Å². The van der Waals surface area contributed by atoms with Crippen molar-refractivity contribution in [1.82, 2.24) is 0 Å². The summed E-state index contributed by atoms with van der Waals surface area (Å²) in [5, 5.41) is 3.91. The van der Waals surface area contributed by atoms with Gasteiger partial charge in [-0.15, -0.1) is 11.3 Å². The second kappa shape index (κ2) is 6.39. The van der Waals surface area contributed by atoms with Gasteiger partial charge in [0.1, 0.15) is 0 Å². The monoisotopic (exact) mass is 414 g/mol. The topological polar surface area (TPSA) is 0 Å². The molecule has 0 saturated carbocycles. The van der Waals surface area contributed by atoms with Crippen molar-refractivity contribution >= 4 is 48.1 Å². The van der Waals surface area contributed by atoms with Crippen LogP contribution in [-0.2, 0) is 0 Å². The lowest BCUT2D eigenvalue weighted by Gasteiger charge is -2.11. The predicted molar refractivity (Wildman–Crippen MR) is 118 cm³/mol. The number of benzene rings is 4. The van der Waals surface area contributed by atoms with E-state index >= 15 is 0 Å². The molecule has 0 atom stereocenters. The van der Waals surface area contributed by atoms with Crippen molar-refractivity contribution in [3.8, 4) is 21.6 Å². The molecule has 2 heteroatoms. The van der Waals surface area contributed by atoms with Gasteiger partial charge in [-0.25, -0.2) is 0 Å². The van der Waals surface area contributed by atoms with E-state index in [0.29, 0.717) is 0 Å². The molecular weight excluding hydrogens is 400 g/mol. The highest BCUT2D eigenvalue weighted by atomic mass is 79.9. The van der Waals surface area contributed by atoms with Crippen molar-refractivity contribution in [2.45, 2.75) is 0 Å². The Labute approximate surface area is 164 Å². The molecule has 1 heterocycles. The van der Waals surface area contributed by atoms with Gasteiger partial charge in [-0.05, 0) is 57.1 Å². The molecule has 124 valence electrons. The Kier molecular flexibility index (Phi) is 3.88. The van der Waals surface area contributed by atoms with Gasteiger partial charge in [-0.1, -0.05) is 82.7 Å². The van der Waals surface area contributed by atoms with Gasteiger partial charge in [-0.2, -0.15) is 0 Å². The zero-order chi connectivity index (χ0) is 17.5. The molecule has 1 aromatic heterocycles. The van der Waals surface area contributed by atoms with Gasteiger partial charge in [0, 0.05) is 14.0 Å². The molecule has 0 aliphatic carbocycles. The Bertz CT molecular complexity index is 1200. The van der Waals surface area contributed by atoms with Crippen LogP contribution in [0.3, 0.4) is 0 Å². The summed E-state index contributed by atoms with van der Waals surface area (Å²) in [6.45, 7) is 0. The summed E-state index contributed by atoms with van der Waals surface area (Å²) in [5.74, 6) is 0. The average Bonchev–Trinajstić information content (AvgIpc) is 3.12. The molecule has 0 N–H and O–H groups in total. The fourth-order valence-electron chi connectivity index (χ4n) is 3.51. The van der Waals surface area contributed by atoms with Crippen molar-refractivity contribution in [3.63, 3.8) is 0 Å². The molecular formula is C24H15BrS. The summed E-state index contributed by atoms with van der Waals surface area (Å²) in [6.07, 6.45) is 0. The van der Waals surface area contributed by atoms with Crippen LogP contribution in [-0.4, -0.2) is 0 Å². The van der Waals surface area contributed by atoms with E-state index in [-0.39, 0.29) is 0 Å². The summed E-state index contributed by atoms with van der Waals surface area (Å²) in [6, 6.07) is 32.7. The smallest absolute Gasteiger partial charge is 0.0361 e. The Hall–Kier alpha value is -2.42. The first-order valence-corrected chi connectivity index (χ1v) is 10.2. The number of rotatable bonds is 2. The Morgan fingerprint density at radius 3 is 2.04 bits per heavy atom. The first-order valence-electron chi connectivity index (χ1n) is 8.56. The summed E-state index contributed by atoms with van der Waals surface area (Å²) < 4.78 is 2.44. The summed E-state index contributed by atoms with van der Waals surface area (Å²) in [5.41, 5.74) is 3.83. The van der Waals surface area contributed by atoms with E-state index in [0.717, 1.165) is 4.47 Å². The second-order valence-electron chi connectivity index (χ2n) is 6.36. The van der Waals surface area contributed by atoms with Crippen LogP contribution in [0.5, 0.6) is 0 Å². The van der Waals surface area contributed by atoms with Crippen LogP contribution in [0.15, 0.2) is 95.5 Å². The van der Waals surface area contributed by atoms with E-state index in [4.69, 9.17) is 0 Å². The van der Waals surface area contributed by atoms with Gasteiger partial charge in [-0.3, -0.25) is 0 Å². The zero-order valence-corrected chi connectivity index (χ0v) is 16.3. The van der Waals surface area contributed by atoms with Crippen molar-refractivity contribution in [1.29, 1.82) is 0 Å². The standard InChI is InChI=1S/C24H15BrS/c25-18-11-9-16(10-12-18)19-13-14-22(21-7-3-2-6-20(19)21)24-15-17-5-1-4-8-23(17)26-24/h1-15H. The molecule has 0 amide bonds. The Morgan fingerprint density at radius 2 is 1.27 bits per heavy atom. The number of fused-ring (bicyclic) bond motifs is 2. The van der Waals surface area contributed by atoms with E-state index in [1.165, 1.54) is 42.4 Å². The van der Waals surface area contributed by atoms with Gasteiger partial charge >= 0.3 is 0 Å². The molecule has 26 heavy (non-hydrogen) atoms. The molecule has 0 nitrogen and oxygen atoms in total. The fourth-order valence-corrected chi connectivity index (χ4v) is 4.88. The van der Waals surface area contributed by atoms with Gasteiger partial charge in [0.15, 0.2) is 0 Å². The number of hydrogen-bond donors (Lipinski definition) is 0. The van der Waals surface area contributed by atoms with E-state index in [1.54, 1.807) is 0 Å². The Morgan fingerprint density at radius 1 is 0.615 bits per heavy atom. The zero-order valence-electron chi connectivity index (χ0n) is 13.9. The van der Waals surface area contributed by atoms with Crippen LogP contribution >= 0.6 is 27.3 Å². The normalized spacial score (nSPS) is 11.3. The molecule has 4 aromatic carbocycles. The van der Waals surface area contributed by atoms with Crippen LogP contribution in [0, 0.1) is 0 Å². The van der Waals surface area contributed by atoms with Crippen LogP contribution in [0.25, 0.3) is 42.4 Å². The number of thiophene rings is 1. The summed E-state index contributed by atoms with van der Waals surface area (Å²) >= 11 is 5.39. The first kappa shape index (κ1) is 15.8. The van der Waals surface area contributed by atoms with Crippen LogP contribution in [0.4, 0.5) is 0 Å². The molecule has 5 rings (SSSR count). The lowest BCUT2D eigenvalue weighted by Crippen LogP contribution is -1.84. The van der Waals surface area contributed by atoms with Gasteiger partial charge < -0.3 is 0 Å². The molecule has 0 bridgehead atoms. The molecule has 0 radical (unpaired) electrons. The van der Waals surface area contributed by atoms with Gasteiger partial charge in [0.25, 0.3) is 0 Å². The van der Waals surface area contributed by atoms with Crippen LogP contribution in [0.2, 0.25) is 0 Å². The van der Waals surface area contributed by atoms with Crippen LogP contribution in [0.1, 0.15) is 0 Å². The number of halogens is 1. The van der Waals surface area contributed by atoms with E-state index in [2.05, 4.69) is 107 Å². The minimum atomic E-state index is 1.10. The molecule has 0 aliphatic heterocycles. The maximum atomic E-state index is 3.53. The van der Waals surface area contributed by atoms with E-state index < -0.39 is 0 Å². The van der Waals surface area contributed by atoms with Gasteiger partial charge in [0.2, 0.25) is 0 Å². The highest BCUT2D eigenvalue weighted by Gasteiger charge is 2.11. The molecule has 0 spiro atoms. The van der Waals surface area contributed by atoms with E-state index in [1.807, 2.05) is 11.3 Å². The molecule has 0 fully saturated rings. The third-order valence-corrected chi connectivity index (χ3v) is 6.45. The third-order valence-electron chi connectivity index (χ3n) is 4.77. The predicted octanol–water partition coefficient (Wildman–Crippen LogP) is 8.15. The SMILES string of the molecule is Brc1ccc(-c2ccc(-c3cc4ccccc4s3)c3ccccc23)cc1. The highest BCUT2D eigenvalue weighted by Crippen LogP contribution is 2.40. The second-order valence-corrected chi connectivity index (χ2v) is 8.36. The largest absolute Gasteiger partial charge is 0.135 e. The molecule has 0 saturated heterocycles. The number of hydrogen-bond acceptors (Lipinski definition) is 1. The highest BCUT2D eigenvalue weighted by molar-refractivity contribution is 9.10. The minimum Gasteiger partial charge on any atom is -0.135 e. The molecule has 0 unspecified atom stereocenters. The Balaban J connectivity index is 1.75. The first-order chi connectivity index (χ1) is 12.8. The maximum Gasteiger partial charge on any atom is 0.0361 e. The lowest BCUT2D eigenvalue weighted by atomic mass is 9.94. The summed E-state index contributed by atoms with van der Waals surface area (Å²) in [4.78, 5) is 1.32. The van der Waals surface area contributed by atoms with E-state index in [9.17, 15) is 0 Å². The van der Waals surface area contributed by atoms with Crippen molar-refractivity contribution in [2.24, 2.45) is 0 Å². The van der Waals surface area contributed by atoms with Crippen molar-refractivity contribution in [3.05, 3.63) is 95.5 Å². The third kappa shape index (κ3) is 2.66.